The maximum atomic E-state index is 12.0. The first-order valence-corrected chi connectivity index (χ1v) is 7.76. The molecule has 23 heavy (non-hydrogen) atoms. The Morgan fingerprint density at radius 1 is 1.22 bits per heavy atom. The number of hydrogen-bond acceptors (Lipinski definition) is 6. The Morgan fingerprint density at radius 2 is 2.00 bits per heavy atom. The quantitative estimate of drug-likeness (QED) is 0.544. The Kier molecular flexibility index (Phi) is 4.59. The van der Waals surface area contributed by atoms with Gasteiger partial charge in [0.2, 0.25) is 11.6 Å². The minimum Gasteiger partial charge on any atom is -0.457 e. The zero-order chi connectivity index (χ0) is 16.2. The number of nitrogens with one attached hydrogen (secondary N) is 1. The van der Waals surface area contributed by atoms with E-state index >= 15 is 0 Å². The van der Waals surface area contributed by atoms with E-state index in [4.69, 9.17) is 16.0 Å². The predicted molar refractivity (Wildman–Crippen MR) is 83.7 cm³/mol. The molecule has 0 saturated heterocycles. The standard InChI is InChI=1S/C15H10ClN3O3S/c16-10-1-3-11(4-2-10)23-15-9(5-6-22-15)7-12(20)13(21)14-17-8-18-19-14/h1-6,8H,7H2,(H,17,18,19). The fourth-order valence-corrected chi connectivity index (χ4v) is 2.84. The van der Waals surface area contributed by atoms with Crippen LogP contribution in [0.5, 0.6) is 0 Å². The fourth-order valence-electron chi connectivity index (χ4n) is 1.85. The van der Waals surface area contributed by atoms with E-state index in [1.807, 2.05) is 12.1 Å². The molecule has 0 radical (unpaired) electrons. The number of rotatable bonds is 6. The number of nitrogens with zero attached hydrogens (tertiary/aromatic N) is 2. The Morgan fingerprint density at radius 3 is 2.70 bits per heavy atom. The van der Waals surface area contributed by atoms with E-state index in [1.165, 1.54) is 24.4 Å². The molecule has 3 rings (SSSR count). The van der Waals surface area contributed by atoms with Gasteiger partial charge in [0.25, 0.3) is 5.78 Å². The number of aromatic amines is 1. The summed E-state index contributed by atoms with van der Waals surface area (Å²) in [5.74, 6) is -1.45. The molecule has 2 aromatic heterocycles. The monoisotopic (exact) mass is 347 g/mol. The minimum absolute atomic E-state index is 0.0696. The van der Waals surface area contributed by atoms with Gasteiger partial charge in [-0.05, 0) is 30.3 Å². The van der Waals surface area contributed by atoms with Crippen molar-refractivity contribution < 1.29 is 14.0 Å². The highest BCUT2D eigenvalue weighted by Gasteiger charge is 2.22. The Hall–Kier alpha value is -2.38. The molecule has 0 amide bonds. The first-order valence-electron chi connectivity index (χ1n) is 6.56. The van der Waals surface area contributed by atoms with Crippen molar-refractivity contribution in [3.63, 3.8) is 0 Å². The molecule has 0 aliphatic heterocycles. The normalized spacial score (nSPS) is 10.7. The molecule has 1 aromatic carbocycles. The van der Waals surface area contributed by atoms with Crippen LogP contribution < -0.4 is 0 Å². The SMILES string of the molecule is O=C(Cc1ccoc1Sc1ccc(Cl)cc1)C(=O)c1nc[nH]n1. The summed E-state index contributed by atoms with van der Waals surface area (Å²) >= 11 is 7.20. The van der Waals surface area contributed by atoms with Crippen molar-refractivity contribution in [3.8, 4) is 0 Å². The van der Waals surface area contributed by atoms with Gasteiger partial charge in [0.05, 0.1) is 6.26 Å². The van der Waals surface area contributed by atoms with E-state index in [1.54, 1.807) is 18.2 Å². The summed E-state index contributed by atoms with van der Waals surface area (Å²) in [5.41, 5.74) is 0.638. The number of Topliss-reactive ketones (excluding diaryl/α,β-unsaturated/α-hetero) is 2. The summed E-state index contributed by atoms with van der Waals surface area (Å²) in [4.78, 5) is 28.5. The highest BCUT2D eigenvalue weighted by atomic mass is 35.5. The maximum Gasteiger partial charge on any atom is 0.267 e. The first kappa shape index (κ1) is 15.5. The van der Waals surface area contributed by atoms with Crippen LogP contribution in [0.4, 0.5) is 0 Å². The number of furan rings is 1. The number of H-pyrrole nitrogens is 1. The largest absolute Gasteiger partial charge is 0.457 e. The molecular formula is C15H10ClN3O3S. The van der Waals surface area contributed by atoms with Gasteiger partial charge in [0.15, 0.2) is 5.09 Å². The Bertz CT molecular complexity index is 828. The molecule has 0 aliphatic carbocycles. The summed E-state index contributed by atoms with van der Waals surface area (Å²) in [7, 11) is 0. The minimum atomic E-state index is -0.727. The van der Waals surface area contributed by atoms with Crippen LogP contribution in [0.2, 0.25) is 5.02 Å². The third kappa shape index (κ3) is 3.69. The molecule has 0 unspecified atom stereocenters. The lowest BCUT2D eigenvalue weighted by molar-refractivity contribution is -0.114. The average Bonchev–Trinajstić information content (AvgIpc) is 3.21. The summed E-state index contributed by atoms with van der Waals surface area (Å²) in [6, 6.07) is 8.90. The van der Waals surface area contributed by atoms with Gasteiger partial charge >= 0.3 is 0 Å². The molecule has 3 aromatic rings. The van der Waals surface area contributed by atoms with Gasteiger partial charge in [-0.1, -0.05) is 23.4 Å². The van der Waals surface area contributed by atoms with Crippen molar-refractivity contribution in [3.05, 3.63) is 59.3 Å². The smallest absolute Gasteiger partial charge is 0.267 e. The Balaban J connectivity index is 1.72. The summed E-state index contributed by atoms with van der Waals surface area (Å²) in [5, 5.41) is 7.22. The molecule has 116 valence electrons. The zero-order valence-electron chi connectivity index (χ0n) is 11.7. The van der Waals surface area contributed by atoms with Crippen molar-refractivity contribution in [2.75, 3.05) is 0 Å². The number of ketones is 2. The van der Waals surface area contributed by atoms with E-state index in [0.717, 1.165) is 4.90 Å². The second kappa shape index (κ2) is 6.80. The lowest BCUT2D eigenvalue weighted by atomic mass is 10.1. The van der Waals surface area contributed by atoms with Gasteiger partial charge in [0.1, 0.15) is 6.33 Å². The fraction of sp³-hybridized carbons (Fsp3) is 0.0667. The van der Waals surface area contributed by atoms with Gasteiger partial charge < -0.3 is 4.42 Å². The predicted octanol–water partition coefficient (Wildman–Crippen LogP) is 3.20. The number of hydrogen-bond donors (Lipinski definition) is 1. The van der Waals surface area contributed by atoms with Crippen LogP contribution in [-0.4, -0.2) is 26.7 Å². The lowest BCUT2D eigenvalue weighted by Crippen LogP contribution is -2.18. The van der Waals surface area contributed by atoms with E-state index in [0.29, 0.717) is 15.7 Å². The lowest BCUT2D eigenvalue weighted by Gasteiger charge is -2.02. The van der Waals surface area contributed by atoms with Crippen LogP contribution in [0.3, 0.4) is 0 Å². The molecule has 2 heterocycles. The third-order valence-electron chi connectivity index (χ3n) is 2.95. The van der Waals surface area contributed by atoms with Crippen molar-refractivity contribution in [1.29, 1.82) is 0 Å². The highest BCUT2D eigenvalue weighted by molar-refractivity contribution is 7.99. The molecule has 0 fully saturated rings. The first-order chi connectivity index (χ1) is 11.1. The second-order valence-corrected chi connectivity index (χ2v) is 6.02. The van der Waals surface area contributed by atoms with Crippen molar-refractivity contribution >= 4 is 34.9 Å². The summed E-state index contributed by atoms with van der Waals surface area (Å²) in [6.45, 7) is 0. The molecule has 0 atom stereocenters. The topological polar surface area (TPSA) is 88.9 Å². The van der Waals surface area contributed by atoms with Crippen LogP contribution in [-0.2, 0) is 11.2 Å². The van der Waals surface area contributed by atoms with E-state index < -0.39 is 11.6 Å². The zero-order valence-corrected chi connectivity index (χ0v) is 13.2. The number of aromatic nitrogens is 3. The molecule has 8 heteroatoms. The van der Waals surface area contributed by atoms with Crippen LogP contribution in [0.1, 0.15) is 16.2 Å². The molecule has 6 nitrogen and oxygen atoms in total. The van der Waals surface area contributed by atoms with Crippen LogP contribution >= 0.6 is 23.4 Å². The van der Waals surface area contributed by atoms with Gasteiger partial charge in [-0.25, -0.2) is 4.98 Å². The molecule has 0 aliphatic rings. The maximum absolute atomic E-state index is 12.0. The van der Waals surface area contributed by atoms with Crippen molar-refractivity contribution in [1.82, 2.24) is 15.2 Å². The van der Waals surface area contributed by atoms with Gasteiger partial charge in [-0.3, -0.25) is 14.7 Å². The molecular weight excluding hydrogens is 338 g/mol. The van der Waals surface area contributed by atoms with Gasteiger partial charge in [-0.2, -0.15) is 0 Å². The average molecular weight is 348 g/mol. The number of benzene rings is 1. The summed E-state index contributed by atoms with van der Waals surface area (Å²) < 4.78 is 5.40. The van der Waals surface area contributed by atoms with E-state index in [9.17, 15) is 9.59 Å². The van der Waals surface area contributed by atoms with E-state index in [-0.39, 0.29) is 12.2 Å². The second-order valence-electron chi connectivity index (χ2n) is 4.54. The molecule has 1 N–H and O–H groups in total. The molecule has 0 saturated carbocycles. The van der Waals surface area contributed by atoms with Crippen molar-refractivity contribution in [2.45, 2.75) is 16.4 Å². The number of halogens is 1. The van der Waals surface area contributed by atoms with Gasteiger partial charge in [0, 0.05) is 21.9 Å². The van der Waals surface area contributed by atoms with Crippen LogP contribution in [0, 0.1) is 0 Å². The number of carbonyl (C=O) groups is 2. The van der Waals surface area contributed by atoms with E-state index in [2.05, 4.69) is 15.2 Å². The van der Waals surface area contributed by atoms with Crippen LogP contribution in [0.25, 0.3) is 0 Å². The Labute approximate surface area is 140 Å². The molecule has 0 spiro atoms. The number of carbonyl (C=O) groups excluding carboxylic acids is 2. The highest BCUT2D eigenvalue weighted by Crippen LogP contribution is 2.32. The van der Waals surface area contributed by atoms with Crippen LogP contribution in [0.15, 0.2) is 57.3 Å². The molecule has 0 bridgehead atoms. The third-order valence-corrected chi connectivity index (χ3v) is 4.26. The van der Waals surface area contributed by atoms with Gasteiger partial charge in [-0.15, -0.1) is 5.10 Å². The van der Waals surface area contributed by atoms with Crippen molar-refractivity contribution in [2.24, 2.45) is 0 Å². The summed E-state index contributed by atoms with van der Waals surface area (Å²) in [6.07, 6.45) is 2.66.